The number of urea groups is 1. The summed E-state index contributed by atoms with van der Waals surface area (Å²) in [5.74, 6) is -1.04. The van der Waals surface area contributed by atoms with Gasteiger partial charge in [0.25, 0.3) is 5.60 Å². The number of alkyl halides is 6. The van der Waals surface area contributed by atoms with Crippen molar-refractivity contribution in [3.05, 3.63) is 29.8 Å². The second kappa shape index (κ2) is 10.2. The van der Waals surface area contributed by atoms with Crippen molar-refractivity contribution in [2.75, 3.05) is 24.5 Å². The summed E-state index contributed by atoms with van der Waals surface area (Å²) in [6.45, 7) is 4.01. The average Bonchev–Trinajstić information content (AvgIpc) is 2.66. The van der Waals surface area contributed by atoms with Gasteiger partial charge in [0.05, 0.1) is 0 Å². The number of halogens is 6. The summed E-state index contributed by atoms with van der Waals surface area (Å²) in [6, 6.07) is 2.17. The van der Waals surface area contributed by atoms with Gasteiger partial charge in [0, 0.05) is 37.3 Å². The number of carbonyl (C=O) groups is 2. The maximum absolute atomic E-state index is 13.1. The van der Waals surface area contributed by atoms with Crippen LogP contribution in [0.3, 0.4) is 0 Å². The first kappa shape index (κ1) is 26.5. The van der Waals surface area contributed by atoms with E-state index in [-0.39, 0.29) is 31.5 Å². The van der Waals surface area contributed by atoms with Gasteiger partial charge in [0.1, 0.15) is 0 Å². The molecule has 0 heterocycles. The molecular formula is C19H24F6N2O4. The smallest absolute Gasteiger partial charge is 0.430 e. The molecule has 0 atom stereocenters. The highest BCUT2D eigenvalue weighted by molar-refractivity contribution is 5.92. The first-order valence-electron chi connectivity index (χ1n) is 9.45. The Kier molecular flexibility index (Phi) is 8.74. The molecule has 0 aliphatic rings. The highest BCUT2D eigenvalue weighted by Crippen LogP contribution is 2.50. The molecule has 2 N–H and O–H groups in total. The van der Waals surface area contributed by atoms with Crippen LogP contribution in [-0.2, 0) is 10.4 Å². The fourth-order valence-electron chi connectivity index (χ4n) is 2.92. The largest absolute Gasteiger partial charge is 0.481 e. The maximum Gasteiger partial charge on any atom is 0.430 e. The normalized spacial score (nSPS) is 12.5. The Balaban J connectivity index is 3.28. The Labute approximate surface area is 175 Å². The van der Waals surface area contributed by atoms with Crippen molar-refractivity contribution in [2.24, 2.45) is 0 Å². The summed E-state index contributed by atoms with van der Waals surface area (Å²) < 4.78 is 78.3. The van der Waals surface area contributed by atoms with Gasteiger partial charge in [-0.25, -0.2) is 4.79 Å². The van der Waals surface area contributed by atoms with Crippen molar-refractivity contribution in [3.8, 4) is 0 Å². The molecule has 6 nitrogen and oxygen atoms in total. The quantitative estimate of drug-likeness (QED) is 0.421. The maximum atomic E-state index is 13.1. The van der Waals surface area contributed by atoms with E-state index in [0.29, 0.717) is 25.2 Å². The number of amides is 2. The summed E-state index contributed by atoms with van der Waals surface area (Å²) in [7, 11) is 0. The van der Waals surface area contributed by atoms with Crippen molar-refractivity contribution >= 4 is 17.7 Å². The zero-order chi connectivity index (χ0) is 24.0. The van der Waals surface area contributed by atoms with Crippen LogP contribution in [0.5, 0.6) is 0 Å². The van der Waals surface area contributed by atoms with E-state index in [2.05, 4.69) is 0 Å². The number of aliphatic carboxylic acids is 1. The van der Waals surface area contributed by atoms with Crippen LogP contribution >= 0.6 is 0 Å². The van der Waals surface area contributed by atoms with E-state index in [1.807, 2.05) is 0 Å². The van der Waals surface area contributed by atoms with Crippen LogP contribution in [0.1, 0.15) is 38.7 Å². The predicted molar refractivity (Wildman–Crippen MR) is 99.6 cm³/mol. The summed E-state index contributed by atoms with van der Waals surface area (Å²) in [5.41, 5.74) is -6.48. The molecule has 1 aromatic carbocycles. The van der Waals surface area contributed by atoms with Gasteiger partial charge in [0.15, 0.2) is 0 Å². The van der Waals surface area contributed by atoms with Crippen LogP contribution in [0.2, 0.25) is 0 Å². The molecular weight excluding hydrogens is 434 g/mol. The lowest BCUT2D eigenvalue weighted by atomic mass is 9.92. The molecule has 0 unspecified atom stereocenters. The number of carboxylic acids is 1. The summed E-state index contributed by atoms with van der Waals surface area (Å²) in [5, 5.41) is 18.2. The second-order valence-corrected chi connectivity index (χ2v) is 6.71. The molecule has 2 amide bonds. The van der Waals surface area contributed by atoms with Gasteiger partial charge in [-0.3, -0.25) is 9.69 Å². The van der Waals surface area contributed by atoms with Crippen LogP contribution in [0.4, 0.5) is 36.8 Å². The van der Waals surface area contributed by atoms with Gasteiger partial charge in [-0.05, 0) is 38.8 Å². The molecule has 0 radical (unpaired) electrons. The zero-order valence-electron chi connectivity index (χ0n) is 16.9. The first-order valence-corrected chi connectivity index (χ1v) is 9.45. The molecule has 0 aromatic heterocycles. The Morgan fingerprint density at radius 1 is 0.903 bits per heavy atom. The number of benzene rings is 1. The Hall–Kier alpha value is -2.50. The number of carboxylic acid groups (broad SMARTS) is 1. The highest BCUT2D eigenvalue weighted by Gasteiger charge is 2.71. The molecule has 0 fully saturated rings. The van der Waals surface area contributed by atoms with Crippen LogP contribution in [-0.4, -0.2) is 59.1 Å². The summed E-state index contributed by atoms with van der Waals surface area (Å²) >= 11 is 0. The van der Waals surface area contributed by atoms with Crippen LogP contribution in [0, 0.1) is 0 Å². The van der Waals surface area contributed by atoms with E-state index in [9.17, 15) is 41.0 Å². The fourth-order valence-corrected chi connectivity index (χ4v) is 2.92. The minimum absolute atomic E-state index is 0.00473. The van der Waals surface area contributed by atoms with Gasteiger partial charge in [-0.1, -0.05) is 12.1 Å². The lowest BCUT2D eigenvalue weighted by molar-refractivity contribution is -0.376. The van der Waals surface area contributed by atoms with Gasteiger partial charge >= 0.3 is 24.4 Å². The van der Waals surface area contributed by atoms with Gasteiger partial charge in [0.2, 0.25) is 0 Å². The molecule has 0 saturated heterocycles. The zero-order valence-corrected chi connectivity index (χ0v) is 16.9. The third-order valence-electron chi connectivity index (χ3n) is 4.70. The van der Waals surface area contributed by atoms with Crippen molar-refractivity contribution in [1.29, 1.82) is 0 Å². The Morgan fingerprint density at radius 2 is 1.39 bits per heavy atom. The van der Waals surface area contributed by atoms with Crippen molar-refractivity contribution in [2.45, 2.75) is 51.1 Å². The lowest BCUT2D eigenvalue weighted by Crippen LogP contribution is -2.53. The monoisotopic (exact) mass is 458 g/mol. The molecule has 0 spiro atoms. The molecule has 1 aromatic rings. The Morgan fingerprint density at radius 3 is 1.77 bits per heavy atom. The first-order chi connectivity index (χ1) is 14.2. The van der Waals surface area contributed by atoms with E-state index in [1.165, 1.54) is 4.90 Å². The predicted octanol–water partition coefficient (Wildman–Crippen LogP) is 4.52. The number of rotatable bonds is 9. The van der Waals surface area contributed by atoms with E-state index < -0.39 is 35.5 Å². The standard InChI is InChI=1S/C19H24F6N2O4/c1-3-26(4-2)16(30)27(12-6-5-7-15(28)29)14-10-8-13(9-11-14)17(31,18(20,21)22)19(23,24)25/h8-11,31H,3-7,12H2,1-2H3,(H,28,29). The van der Waals surface area contributed by atoms with Crippen molar-refractivity contribution in [3.63, 3.8) is 0 Å². The molecule has 0 aliphatic carbocycles. The van der Waals surface area contributed by atoms with Gasteiger partial charge < -0.3 is 15.1 Å². The Bertz CT molecular complexity index is 731. The number of nitrogens with zero attached hydrogens (tertiary/aromatic N) is 2. The third kappa shape index (κ3) is 6.02. The molecule has 0 bridgehead atoms. The molecule has 0 saturated carbocycles. The van der Waals surface area contributed by atoms with E-state index in [4.69, 9.17) is 5.11 Å². The van der Waals surface area contributed by atoms with Crippen molar-refractivity contribution < 1.29 is 46.1 Å². The van der Waals surface area contributed by atoms with Crippen molar-refractivity contribution in [1.82, 2.24) is 4.90 Å². The van der Waals surface area contributed by atoms with E-state index in [1.54, 1.807) is 13.8 Å². The molecule has 31 heavy (non-hydrogen) atoms. The molecule has 12 heteroatoms. The molecule has 1 rings (SSSR count). The summed E-state index contributed by atoms with van der Waals surface area (Å²) in [6.07, 6.45) is -11.7. The van der Waals surface area contributed by atoms with Gasteiger partial charge in [-0.2, -0.15) is 26.3 Å². The number of hydrogen-bond acceptors (Lipinski definition) is 3. The van der Waals surface area contributed by atoms with Crippen LogP contribution in [0.15, 0.2) is 24.3 Å². The number of carbonyl (C=O) groups excluding carboxylic acids is 1. The summed E-state index contributed by atoms with van der Waals surface area (Å²) in [4.78, 5) is 26.0. The number of hydrogen-bond donors (Lipinski definition) is 2. The van der Waals surface area contributed by atoms with E-state index >= 15 is 0 Å². The average molecular weight is 458 g/mol. The van der Waals surface area contributed by atoms with Gasteiger partial charge in [-0.15, -0.1) is 0 Å². The number of unbranched alkanes of at least 4 members (excludes halogenated alkanes) is 1. The second-order valence-electron chi connectivity index (χ2n) is 6.71. The number of aliphatic hydroxyl groups is 1. The topological polar surface area (TPSA) is 81.1 Å². The van der Waals surface area contributed by atoms with E-state index in [0.717, 1.165) is 17.0 Å². The minimum Gasteiger partial charge on any atom is -0.481 e. The SMILES string of the molecule is CCN(CC)C(=O)N(CCCCC(=O)O)c1ccc(C(O)(C(F)(F)F)C(F)(F)F)cc1. The lowest BCUT2D eigenvalue weighted by Gasteiger charge is -2.33. The fraction of sp³-hybridized carbons (Fsp3) is 0.579. The van der Waals surface area contributed by atoms with Crippen LogP contribution < -0.4 is 4.90 Å². The number of anilines is 1. The van der Waals surface area contributed by atoms with Crippen LogP contribution in [0.25, 0.3) is 0 Å². The molecule has 0 aliphatic heterocycles. The third-order valence-corrected chi connectivity index (χ3v) is 4.70. The molecule has 176 valence electrons. The minimum atomic E-state index is -6.01. The highest BCUT2D eigenvalue weighted by atomic mass is 19.4.